The predicted molar refractivity (Wildman–Crippen MR) is 76.3 cm³/mol. The lowest BCUT2D eigenvalue weighted by molar-refractivity contribution is 0.107. The lowest BCUT2D eigenvalue weighted by atomic mass is 10.2. The quantitative estimate of drug-likeness (QED) is 0.842. The molecule has 2 saturated heterocycles. The topological polar surface area (TPSA) is 58.3 Å². The Morgan fingerprint density at radius 2 is 2.00 bits per heavy atom. The summed E-state index contributed by atoms with van der Waals surface area (Å²) in [6.45, 7) is 5.78. The summed E-state index contributed by atoms with van der Waals surface area (Å²) in [6.07, 6.45) is 3.10. The predicted octanol–water partition coefficient (Wildman–Crippen LogP) is 1.23. The van der Waals surface area contributed by atoms with Crippen LogP contribution < -0.4 is 0 Å². The summed E-state index contributed by atoms with van der Waals surface area (Å²) in [5.41, 5.74) is 1.16. The summed E-state index contributed by atoms with van der Waals surface area (Å²) in [5, 5.41) is 3.86. The van der Waals surface area contributed by atoms with E-state index >= 15 is 0 Å². The molecule has 2 aromatic heterocycles. The van der Waals surface area contributed by atoms with Crippen LogP contribution in [-0.4, -0.2) is 50.1 Å². The highest BCUT2D eigenvalue weighted by atomic mass is 16.5. The van der Waals surface area contributed by atoms with Crippen LogP contribution in [0.2, 0.25) is 0 Å². The Balaban J connectivity index is 1.37. The molecule has 0 spiro atoms. The largest absolute Gasteiger partial charge is 0.338 e. The maximum atomic E-state index is 5.23. The number of pyridine rings is 1. The van der Waals surface area contributed by atoms with Crippen molar-refractivity contribution in [3.8, 4) is 0 Å². The Labute approximate surface area is 123 Å². The van der Waals surface area contributed by atoms with Crippen LogP contribution in [0, 0.1) is 6.92 Å². The van der Waals surface area contributed by atoms with E-state index in [0.29, 0.717) is 17.9 Å². The van der Waals surface area contributed by atoms with Crippen LogP contribution in [0.3, 0.4) is 0 Å². The van der Waals surface area contributed by atoms with Gasteiger partial charge in [0.25, 0.3) is 0 Å². The number of nitrogens with zero attached hydrogens (tertiary/aromatic N) is 5. The van der Waals surface area contributed by atoms with Crippen LogP contribution in [0.15, 0.2) is 28.9 Å². The van der Waals surface area contributed by atoms with Crippen LogP contribution in [-0.2, 0) is 13.1 Å². The third-order valence-corrected chi connectivity index (χ3v) is 4.47. The highest BCUT2D eigenvalue weighted by Gasteiger charge is 2.43. The van der Waals surface area contributed by atoms with E-state index < -0.39 is 0 Å². The smallest absolute Gasteiger partial charge is 0.240 e. The molecule has 2 fully saturated rings. The van der Waals surface area contributed by atoms with Crippen LogP contribution in [0.1, 0.15) is 23.8 Å². The molecule has 2 unspecified atom stereocenters. The molecule has 0 radical (unpaired) electrons. The highest BCUT2D eigenvalue weighted by Crippen LogP contribution is 2.32. The van der Waals surface area contributed by atoms with Gasteiger partial charge in [-0.3, -0.25) is 14.8 Å². The average molecular weight is 285 g/mol. The van der Waals surface area contributed by atoms with Gasteiger partial charge < -0.3 is 4.52 Å². The number of aryl methyl sites for hydroxylation is 1. The number of piperazine rings is 1. The second-order valence-electron chi connectivity index (χ2n) is 5.96. The van der Waals surface area contributed by atoms with E-state index in [2.05, 4.69) is 37.1 Å². The molecule has 110 valence electrons. The number of fused-ring (bicyclic) bond motifs is 2. The molecule has 2 aliphatic heterocycles. The highest BCUT2D eigenvalue weighted by molar-refractivity contribution is 5.07. The van der Waals surface area contributed by atoms with Gasteiger partial charge in [-0.25, -0.2) is 0 Å². The minimum atomic E-state index is 0.603. The Kier molecular flexibility index (Phi) is 3.20. The number of hydrogen-bond acceptors (Lipinski definition) is 6. The molecule has 0 aliphatic carbocycles. The number of aromatic nitrogens is 3. The molecule has 2 aromatic rings. The van der Waals surface area contributed by atoms with Crippen molar-refractivity contribution in [1.29, 1.82) is 0 Å². The normalized spacial score (nSPS) is 25.8. The van der Waals surface area contributed by atoms with Crippen molar-refractivity contribution in [3.05, 3.63) is 41.8 Å². The van der Waals surface area contributed by atoms with Crippen molar-refractivity contribution < 1.29 is 4.52 Å². The molecule has 6 heteroatoms. The van der Waals surface area contributed by atoms with E-state index in [1.165, 1.54) is 6.42 Å². The zero-order valence-corrected chi connectivity index (χ0v) is 12.1. The first-order chi connectivity index (χ1) is 10.3. The first kappa shape index (κ1) is 12.9. The first-order valence-electron chi connectivity index (χ1n) is 7.45. The van der Waals surface area contributed by atoms with E-state index in [0.717, 1.165) is 37.8 Å². The molecule has 2 aliphatic rings. The molecule has 2 atom stereocenters. The Morgan fingerprint density at radius 1 is 1.19 bits per heavy atom. The van der Waals surface area contributed by atoms with Crippen molar-refractivity contribution in [2.24, 2.45) is 0 Å². The molecule has 0 aromatic carbocycles. The second kappa shape index (κ2) is 5.20. The number of hydrogen-bond donors (Lipinski definition) is 0. The van der Waals surface area contributed by atoms with Crippen molar-refractivity contribution in [1.82, 2.24) is 24.9 Å². The molecule has 21 heavy (non-hydrogen) atoms. The molecule has 4 heterocycles. The van der Waals surface area contributed by atoms with Gasteiger partial charge in [0.15, 0.2) is 5.82 Å². The molecular formula is C15H19N5O. The average Bonchev–Trinajstić information content (AvgIpc) is 3.17. The van der Waals surface area contributed by atoms with Gasteiger partial charge in [0, 0.05) is 37.9 Å². The summed E-state index contributed by atoms with van der Waals surface area (Å²) in [6, 6.07) is 7.35. The van der Waals surface area contributed by atoms with Crippen molar-refractivity contribution in [2.45, 2.75) is 38.5 Å². The van der Waals surface area contributed by atoms with Crippen molar-refractivity contribution in [2.75, 3.05) is 13.1 Å². The summed E-state index contributed by atoms with van der Waals surface area (Å²) < 4.78 is 5.23. The molecule has 6 nitrogen and oxygen atoms in total. The Morgan fingerprint density at radius 3 is 2.62 bits per heavy atom. The van der Waals surface area contributed by atoms with Gasteiger partial charge in [-0.1, -0.05) is 11.2 Å². The zero-order valence-electron chi connectivity index (χ0n) is 12.1. The van der Waals surface area contributed by atoms with Gasteiger partial charge in [0.05, 0.1) is 12.2 Å². The fraction of sp³-hybridized carbons (Fsp3) is 0.533. The van der Waals surface area contributed by atoms with E-state index in [1.807, 2.05) is 19.2 Å². The number of likely N-dealkylation sites (tertiary alicyclic amines) is 2. The summed E-state index contributed by atoms with van der Waals surface area (Å²) in [7, 11) is 0. The molecule has 2 bridgehead atoms. The van der Waals surface area contributed by atoms with Crippen LogP contribution in [0.4, 0.5) is 0 Å². The molecule has 0 N–H and O–H groups in total. The first-order valence-corrected chi connectivity index (χ1v) is 7.45. The van der Waals surface area contributed by atoms with Crippen LogP contribution >= 0.6 is 0 Å². The maximum absolute atomic E-state index is 5.23. The summed E-state index contributed by atoms with van der Waals surface area (Å²) in [4.78, 5) is 13.7. The van der Waals surface area contributed by atoms with Crippen LogP contribution in [0.5, 0.6) is 0 Å². The van der Waals surface area contributed by atoms with Gasteiger partial charge >= 0.3 is 0 Å². The summed E-state index contributed by atoms with van der Waals surface area (Å²) in [5.74, 6) is 1.45. The SMILES string of the molecule is Cc1noc(CN2CC3CC2CN3Cc2ccccn2)n1. The molecule has 4 rings (SSSR count). The molecule has 0 saturated carbocycles. The van der Waals surface area contributed by atoms with Gasteiger partial charge in [0.2, 0.25) is 5.89 Å². The standard InChI is InChI=1S/C15H19N5O/c1-11-17-15(21-18-11)10-20-9-13-6-14(20)8-19(13)7-12-4-2-3-5-16-12/h2-5,13-14H,6-10H2,1H3. The lowest BCUT2D eigenvalue weighted by Gasteiger charge is -2.33. The van der Waals surface area contributed by atoms with Gasteiger partial charge in [-0.05, 0) is 25.5 Å². The van der Waals surface area contributed by atoms with E-state index in [-0.39, 0.29) is 0 Å². The zero-order chi connectivity index (χ0) is 14.2. The third kappa shape index (κ3) is 2.56. The van der Waals surface area contributed by atoms with Gasteiger partial charge in [0.1, 0.15) is 0 Å². The Bertz CT molecular complexity index is 614. The maximum Gasteiger partial charge on any atom is 0.240 e. The van der Waals surface area contributed by atoms with Crippen molar-refractivity contribution >= 4 is 0 Å². The number of rotatable bonds is 4. The molecule has 0 amide bonds. The molecular weight excluding hydrogens is 266 g/mol. The van der Waals surface area contributed by atoms with Crippen LogP contribution in [0.25, 0.3) is 0 Å². The Hall–Kier alpha value is -1.79. The minimum Gasteiger partial charge on any atom is -0.338 e. The van der Waals surface area contributed by atoms with Gasteiger partial charge in [-0.15, -0.1) is 0 Å². The lowest BCUT2D eigenvalue weighted by Crippen LogP contribution is -2.45. The van der Waals surface area contributed by atoms with E-state index in [4.69, 9.17) is 4.52 Å². The minimum absolute atomic E-state index is 0.603. The summed E-state index contributed by atoms with van der Waals surface area (Å²) >= 11 is 0. The van der Waals surface area contributed by atoms with E-state index in [1.54, 1.807) is 0 Å². The second-order valence-corrected chi connectivity index (χ2v) is 5.96. The monoisotopic (exact) mass is 285 g/mol. The van der Waals surface area contributed by atoms with Crippen molar-refractivity contribution in [3.63, 3.8) is 0 Å². The van der Waals surface area contributed by atoms with E-state index in [9.17, 15) is 0 Å². The fourth-order valence-electron chi connectivity index (χ4n) is 3.50. The third-order valence-electron chi connectivity index (χ3n) is 4.47. The van der Waals surface area contributed by atoms with Gasteiger partial charge in [-0.2, -0.15) is 4.98 Å². The fourth-order valence-corrected chi connectivity index (χ4v) is 3.50.